The fraction of sp³-hybridized carbons (Fsp3) is 0.903. The Morgan fingerprint density at radius 1 is 0.579 bits per heavy atom. The first-order valence-corrected chi connectivity index (χ1v) is 15.8. The number of carbonyl (C=O) groups excluding carboxylic acids is 3. The summed E-state index contributed by atoms with van der Waals surface area (Å²) in [5, 5.41) is 0. The zero-order chi connectivity index (χ0) is 28.3. The van der Waals surface area contributed by atoms with Crippen LogP contribution in [0.3, 0.4) is 0 Å². The molecule has 0 saturated heterocycles. The smallest absolute Gasteiger partial charge is 0.305 e. The Morgan fingerprint density at radius 3 is 1.21 bits per heavy atom. The molecule has 224 valence electrons. The van der Waals surface area contributed by atoms with Gasteiger partial charge in [-0.1, -0.05) is 117 Å². The summed E-state index contributed by atoms with van der Waals surface area (Å²) in [7, 11) is 0. The molecule has 0 spiro atoms. The van der Waals surface area contributed by atoms with Gasteiger partial charge in [0.25, 0.3) is 0 Å². The van der Waals surface area contributed by atoms with Crippen LogP contribution in [0.5, 0.6) is 0 Å². The molecule has 0 aliphatic carbocycles. The highest BCUT2D eigenvalue weighted by Gasteiger charge is 2.18. The third kappa shape index (κ3) is 23.5. The van der Waals surface area contributed by atoms with Gasteiger partial charge in [0.05, 0.1) is 19.1 Å². The molecule has 0 aromatic carbocycles. The van der Waals surface area contributed by atoms with Crippen molar-refractivity contribution < 1.29 is 23.9 Å². The molecule has 38 heavy (non-hydrogen) atoms. The van der Waals surface area contributed by atoms with Gasteiger partial charge in [0.1, 0.15) is 13.2 Å². The van der Waals surface area contributed by atoms with E-state index in [1.165, 1.54) is 81.9 Å². The zero-order valence-electron chi connectivity index (χ0n) is 25.1. The average molecular weight is 541 g/mol. The summed E-state index contributed by atoms with van der Waals surface area (Å²) < 4.78 is 10.7. The molecule has 0 rings (SSSR count). The van der Waals surface area contributed by atoms with E-state index in [1.807, 2.05) is 0 Å². The van der Waals surface area contributed by atoms with E-state index in [1.54, 1.807) is 6.92 Å². The van der Waals surface area contributed by atoms with Gasteiger partial charge in [-0.15, -0.1) is 0 Å². The van der Waals surface area contributed by atoms with Gasteiger partial charge in [0, 0.05) is 12.8 Å². The van der Waals surface area contributed by atoms with Crippen LogP contribution in [-0.2, 0) is 23.9 Å². The maximum absolute atomic E-state index is 12.4. The molecule has 0 heterocycles. The highest BCUT2D eigenvalue weighted by atomic mass is 16.5. The number of rotatable bonds is 27. The van der Waals surface area contributed by atoms with Crippen LogP contribution in [0.4, 0.5) is 0 Å². The van der Waals surface area contributed by atoms with E-state index in [0.29, 0.717) is 12.8 Å². The molecule has 7 nitrogen and oxygen atoms in total. The highest BCUT2D eigenvalue weighted by Crippen LogP contribution is 2.12. The molecular formula is C31H60N2O5. The molecule has 0 aliphatic rings. The summed E-state index contributed by atoms with van der Waals surface area (Å²) >= 11 is 0. The maximum Gasteiger partial charge on any atom is 0.305 e. The monoisotopic (exact) mass is 540 g/mol. The largest absolute Gasteiger partial charge is 0.464 e. The number of amides is 1. The molecule has 1 amide bonds. The molecule has 0 aromatic heterocycles. The molecule has 0 bridgehead atoms. The van der Waals surface area contributed by atoms with E-state index in [-0.39, 0.29) is 44.1 Å². The first kappa shape index (κ1) is 36.4. The predicted octanol–water partition coefficient (Wildman–Crippen LogP) is 7.09. The lowest BCUT2D eigenvalue weighted by Crippen LogP contribution is -2.45. The maximum atomic E-state index is 12.4. The molecule has 0 aliphatic heterocycles. The van der Waals surface area contributed by atoms with Gasteiger partial charge in [0.2, 0.25) is 5.91 Å². The van der Waals surface area contributed by atoms with Gasteiger partial charge in [-0.05, 0) is 19.8 Å². The van der Waals surface area contributed by atoms with Gasteiger partial charge in [-0.2, -0.15) is 0 Å². The van der Waals surface area contributed by atoms with Gasteiger partial charge in [-0.3, -0.25) is 14.4 Å². The molecular weight excluding hydrogens is 480 g/mol. The Labute approximate surface area is 233 Å². The second kappa shape index (κ2) is 27.0. The standard InChI is InChI=1S/C31H60N2O5/c1-4-6-8-10-12-14-16-18-20-22-29(34)37-26-24-33(31(36)28(3)32)25-27-38-30(35)23-21-19-17-15-13-11-9-7-5-2/h28H,4-27,32H2,1-3H3. The summed E-state index contributed by atoms with van der Waals surface area (Å²) in [6.07, 6.45) is 22.4. The molecule has 0 radical (unpaired) electrons. The minimum absolute atomic E-state index is 0.126. The average Bonchev–Trinajstić information content (AvgIpc) is 2.89. The lowest BCUT2D eigenvalue weighted by Gasteiger charge is -2.24. The molecule has 0 saturated carbocycles. The van der Waals surface area contributed by atoms with Crippen LogP contribution in [0, 0.1) is 0 Å². The van der Waals surface area contributed by atoms with Crippen molar-refractivity contribution in [1.82, 2.24) is 4.90 Å². The quantitative estimate of drug-likeness (QED) is 0.0882. The number of carbonyl (C=O) groups is 3. The summed E-state index contributed by atoms with van der Waals surface area (Å²) in [6.45, 7) is 6.83. The van der Waals surface area contributed by atoms with Gasteiger partial charge in [0.15, 0.2) is 0 Å². The lowest BCUT2D eigenvalue weighted by molar-refractivity contribution is -0.148. The fourth-order valence-electron chi connectivity index (χ4n) is 4.46. The molecule has 0 fully saturated rings. The topological polar surface area (TPSA) is 98.9 Å². The van der Waals surface area contributed by atoms with Gasteiger partial charge in [-0.25, -0.2) is 0 Å². The zero-order valence-corrected chi connectivity index (χ0v) is 25.1. The Morgan fingerprint density at radius 2 is 0.895 bits per heavy atom. The Kier molecular flexibility index (Phi) is 25.8. The van der Waals surface area contributed by atoms with Gasteiger partial charge < -0.3 is 20.1 Å². The number of ether oxygens (including phenoxy) is 2. The Hall–Kier alpha value is -1.63. The fourth-order valence-corrected chi connectivity index (χ4v) is 4.46. The van der Waals surface area contributed by atoms with E-state index >= 15 is 0 Å². The normalized spacial score (nSPS) is 11.8. The van der Waals surface area contributed by atoms with Crippen LogP contribution < -0.4 is 5.73 Å². The first-order chi connectivity index (χ1) is 18.4. The van der Waals surface area contributed by atoms with E-state index in [2.05, 4.69) is 13.8 Å². The van der Waals surface area contributed by atoms with Crippen molar-refractivity contribution in [2.24, 2.45) is 5.73 Å². The van der Waals surface area contributed by atoms with E-state index in [0.717, 1.165) is 38.5 Å². The van der Waals surface area contributed by atoms with E-state index in [4.69, 9.17) is 15.2 Å². The highest BCUT2D eigenvalue weighted by molar-refractivity contribution is 5.81. The summed E-state index contributed by atoms with van der Waals surface area (Å²) in [6, 6.07) is -0.662. The number of nitrogens with zero attached hydrogens (tertiary/aromatic N) is 1. The number of esters is 2. The third-order valence-corrected chi connectivity index (χ3v) is 6.92. The van der Waals surface area contributed by atoms with Crippen LogP contribution in [-0.4, -0.2) is 55.1 Å². The number of unbranched alkanes of at least 4 members (excludes halogenated alkanes) is 16. The van der Waals surface area contributed by atoms with Crippen LogP contribution in [0.1, 0.15) is 149 Å². The Balaban J connectivity index is 3.95. The molecule has 0 aromatic rings. The molecule has 7 heteroatoms. The van der Waals surface area contributed by atoms with E-state index in [9.17, 15) is 14.4 Å². The molecule has 1 atom stereocenters. The Bertz CT molecular complexity index is 543. The number of hydrogen-bond acceptors (Lipinski definition) is 6. The van der Waals surface area contributed by atoms with Crippen molar-refractivity contribution in [2.75, 3.05) is 26.3 Å². The number of nitrogens with two attached hydrogens (primary N) is 1. The molecule has 1 unspecified atom stereocenters. The summed E-state index contributed by atoms with van der Waals surface area (Å²) in [5.41, 5.74) is 5.77. The predicted molar refractivity (Wildman–Crippen MR) is 156 cm³/mol. The van der Waals surface area contributed by atoms with Crippen molar-refractivity contribution in [3.63, 3.8) is 0 Å². The van der Waals surface area contributed by atoms with Gasteiger partial charge >= 0.3 is 11.9 Å². The minimum atomic E-state index is -0.662. The molecule has 2 N–H and O–H groups in total. The SMILES string of the molecule is CCCCCCCCCCCC(=O)OCCN(CCOC(=O)CCCCCCCCCCC)C(=O)C(C)N. The lowest BCUT2D eigenvalue weighted by atomic mass is 10.1. The van der Waals surface area contributed by atoms with Crippen molar-refractivity contribution in [1.29, 1.82) is 0 Å². The second-order valence-corrected chi connectivity index (χ2v) is 10.7. The third-order valence-electron chi connectivity index (χ3n) is 6.92. The van der Waals surface area contributed by atoms with Crippen LogP contribution in [0.2, 0.25) is 0 Å². The van der Waals surface area contributed by atoms with Crippen LogP contribution in [0.25, 0.3) is 0 Å². The van der Waals surface area contributed by atoms with Crippen molar-refractivity contribution in [2.45, 2.75) is 155 Å². The van der Waals surface area contributed by atoms with Crippen molar-refractivity contribution in [3.8, 4) is 0 Å². The number of hydrogen-bond donors (Lipinski definition) is 1. The minimum Gasteiger partial charge on any atom is -0.464 e. The first-order valence-electron chi connectivity index (χ1n) is 15.8. The van der Waals surface area contributed by atoms with Crippen LogP contribution >= 0.6 is 0 Å². The van der Waals surface area contributed by atoms with Crippen molar-refractivity contribution in [3.05, 3.63) is 0 Å². The van der Waals surface area contributed by atoms with Crippen LogP contribution in [0.15, 0.2) is 0 Å². The summed E-state index contributed by atoms with van der Waals surface area (Å²) in [4.78, 5) is 38.0. The van der Waals surface area contributed by atoms with Crippen molar-refractivity contribution >= 4 is 17.8 Å². The summed E-state index contributed by atoms with van der Waals surface area (Å²) in [5.74, 6) is -0.697. The second-order valence-electron chi connectivity index (χ2n) is 10.7. The van der Waals surface area contributed by atoms with E-state index < -0.39 is 6.04 Å².